The average Bonchev–Trinajstić information content (AvgIpc) is 3.54. The lowest BCUT2D eigenvalue weighted by Gasteiger charge is -2.23. The number of nitrogens with one attached hydrogen (secondary N) is 1. The fraction of sp³-hybridized carbons (Fsp3) is 0.286. The quantitative estimate of drug-likeness (QED) is 0.208. The first-order valence-corrected chi connectivity index (χ1v) is 16.0. The van der Waals surface area contributed by atoms with Crippen molar-refractivity contribution in [3.63, 3.8) is 0 Å². The molecule has 2 fully saturated rings. The molecule has 3 aromatic rings. The summed E-state index contributed by atoms with van der Waals surface area (Å²) in [5, 5.41) is 29.2. The van der Waals surface area contributed by atoms with Gasteiger partial charge in [0.1, 0.15) is 34.4 Å². The van der Waals surface area contributed by atoms with E-state index in [9.17, 15) is 33.3 Å². The number of carbonyl (C=O) groups is 2. The number of benzene rings is 3. The first-order valence-electron chi connectivity index (χ1n) is 12.9. The molecule has 0 heterocycles. The summed E-state index contributed by atoms with van der Waals surface area (Å²) in [5.74, 6) is -0.485. The maximum atomic E-state index is 13.2. The fourth-order valence-corrected chi connectivity index (χ4v) is 8.16. The number of carboxylic acids is 1. The summed E-state index contributed by atoms with van der Waals surface area (Å²) in [6.45, 7) is -0.717. The molecular formula is C28H26Br2N2O9S. The molecule has 0 saturated heterocycles. The molecule has 2 aliphatic carbocycles. The lowest BCUT2D eigenvalue weighted by atomic mass is 9.96. The highest BCUT2D eigenvalue weighted by Gasteiger charge is 2.41. The molecule has 5 rings (SSSR count). The van der Waals surface area contributed by atoms with E-state index in [0.29, 0.717) is 20.8 Å². The van der Waals surface area contributed by atoms with Crippen LogP contribution in [0.2, 0.25) is 0 Å². The zero-order valence-corrected chi connectivity index (χ0v) is 25.9. The number of sulfonamides is 1. The number of phenols is 2. The molecule has 42 heavy (non-hydrogen) atoms. The van der Waals surface area contributed by atoms with Gasteiger partial charge in [-0.05, 0) is 111 Å². The number of aliphatic carboxylic acids is 1. The van der Waals surface area contributed by atoms with Crippen molar-refractivity contribution >= 4 is 59.6 Å². The highest BCUT2D eigenvalue weighted by molar-refractivity contribution is 9.11. The van der Waals surface area contributed by atoms with Gasteiger partial charge in [0, 0.05) is 12.1 Å². The summed E-state index contributed by atoms with van der Waals surface area (Å²) in [6, 6.07) is 11.9. The normalized spacial score (nSPS) is 19.4. The molecule has 0 aromatic heterocycles. The van der Waals surface area contributed by atoms with Gasteiger partial charge >= 0.3 is 12.1 Å². The molecule has 3 unspecified atom stereocenters. The number of amides is 1. The summed E-state index contributed by atoms with van der Waals surface area (Å²) in [4.78, 5) is 25.0. The molecule has 2 saturated carbocycles. The number of phenolic OH excluding ortho intramolecular Hbond substituents is 2. The molecule has 11 nitrogen and oxygen atoms in total. The number of nitrogens with zero attached hydrogens (tertiary/aromatic N) is 1. The second-order valence-corrected chi connectivity index (χ2v) is 13.6. The molecule has 0 spiro atoms. The van der Waals surface area contributed by atoms with Gasteiger partial charge in [-0.2, -0.15) is 0 Å². The van der Waals surface area contributed by atoms with E-state index in [1.807, 2.05) is 0 Å². The van der Waals surface area contributed by atoms with E-state index in [1.54, 1.807) is 0 Å². The van der Waals surface area contributed by atoms with E-state index in [-0.39, 0.29) is 39.6 Å². The van der Waals surface area contributed by atoms with Crippen LogP contribution in [0, 0.1) is 11.8 Å². The summed E-state index contributed by atoms with van der Waals surface area (Å²) in [6.07, 6.45) is 2.93. The summed E-state index contributed by atoms with van der Waals surface area (Å²) < 4.78 is 41.0. The minimum absolute atomic E-state index is 0.0316. The molecular weight excluding hydrogens is 700 g/mol. The maximum absolute atomic E-state index is 13.2. The smallest absolute Gasteiger partial charge is 0.420 e. The summed E-state index contributed by atoms with van der Waals surface area (Å²) in [5.41, 5.74) is 0.149. The Labute approximate surface area is 258 Å². The number of hydrogen-bond acceptors (Lipinski definition) is 8. The van der Waals surface area contributed by atoms with Crippen LogP contribution in [0.15, 0.2) is 68.4 Å². The molecule has 1 amide bonds. The Morgan fingerprint density at radius 2 is 1.62 bits per heavy atom. The van der Waals surface area contributed by atoms with Crippen LogP contribution >= 0.6 is 31.9 Å². The van der Waals surface area contributed by atoms with Crippen LogP contribution < -0.4 is 19.1 Å². The molecule has 0 aliphatic heterocycles. The first-order chi connectivity index (χ1) is 19.9. The number of aromatic hydroxyl groups is 2. The Balaban J connectivity index is 1.37. The second kappa shape index (κ2) is 12.1. The summed E-state index contributed by atoms with van der Waals surface area (Å²) >= 11 is 6.75. The Bertz CT molecular complexity index is 1610. The molecule has 2 bridgehead atoms. The van der Waals surface area contributed by atoms with Crippen LogP contribution in [0.3, 0.4) is 0 Å². The van der Waals surface area contributed by atoms with Crippen LogP contribution in [-0.2, 0) is 14.8 Å². The number of ether oxygens (including phenoxy) is 2. The van der Waals surface area contributed by atoms with Gasteiger partial charge in [0.25, 0.3) is 0 Å². The molecule has 14 heteroatoms. The number of anilines is 1. The van der Waals surface area contributed by atoms with Gasteiger partial charge in [-0.1, -0.05) is 6.42 Å². The highest BCUT2D eigenvalue weighted by Crippen LogP contribution is 2.45. The van der Waals surface area contributed by atoms with E-state index in [2.05, 4.69) is 36.6 Å². The maximum Gasteiger partial charge on any atom is 0.420 e. The molecule has 3 aromatic carbocycles. The van der Waals surface area contributed by atoms with Gasteiger partial charge in [-0.25, -0.2) is 17.9 Å². The Morgan fingerprint density at radius 1 is 0.952 bits per heavy atom. The average molecular weight is 726 g/mol. The predicted molar refractivity (Wildman–Crippen MR) is 159 cm³/mol. The Hall–Kier alpha value is -3.33. The number of rotatable bonds is 9. The molecule has 3 atom stereocenters. The third-order valence-electron chi connectivity index (χ3n) is 7.34. The highest BCUT2D eigenvalue weighted by atomic mass is 79.9. The number of carboxylic acid groups (broad SMARTS) is 1. The van der Waals surface area contributed by atoms with Crippen molar-refractivity contribution in [1.82, 2.24) is 4.72 Å². The van der Waals surface area contributed by atoms with Crippen molar-refractivity contribution in [2.75, 3.05) is 11.4 Å². The SMILES string of the molecule is O=C(O)CN(C(=O)Oc1ccc(O)cc1)c1cc(Br)c(Oc2ccc(O)c(S(=O)(=O)NC3CC4CCC3C4)c2)c(Br)c1. The van der Waals surface area contributed by atoms with Crippen LogP contribution in [0.4, 0.5) is 10.5 Å². The third kappa shape index (κ3) is 6.66. The molecule has 4 N–H and O–H groups in total. The fourth-order valence-electron chi connectivity index (χ4n) is 5.41. The minimum atomic E-state index is -4.03. The number of carbonyl (C=O) groups excluding carboxylic acids is 1. The largest absolute Gasteiger partial charge is 0.508 e. The topological polar surface area (TPSA) is 163 Å². The number of halogens is 2. The number of hydrogen-bond donors (Lipinski definition) is 4. The monoisotopic (exact) mass is 724 g/mol. The van der Waals surface area contributed by atoms with Gasteiger partial charge in [0.15, 0.2) is 5.75 Å². The van der Waals surface area contributed by atoms with Crippen LogP contribution in [0.25, 0.3) is 0 Å². The lowest BCUT2D eigenvalue weighted by molar-refractivity contribution is -0.135. The Morgan fingerprint density at radius 3 is 2.21 bits per heavy atom. The Kier molecular flexibility index (Phi) is 8.69. The summed E-state index contributed by atoms with van der Waals surface area (Å²) in [7, 11) is -4.03. The first kappa shape index (κ1) is 30.1. The number of fused-ring (bicyclic) bond motifs is 2. The van der Waals surface area contributed by atoms with E-state index < -0.39 is 34.4 Å². The standard InChI is InChI=1S/C28H26Br2N2O9S/c29-21-11-17(32(14-26(35)36)28(37)41-19-5-3-18(33)4-6-19)12-22(30)27(21)40-20-7-8-24(34)25(13-20)42(38,39)31-23-10-15-1-2-16(23)9-15/h3-8,11-13,15-16,23,31,33-34H,1-2,9-10,14H2,(H,35,36). The van der Waals surface area contributed by atoms with Gasteiger partial charge in [0.05, 0.1) is 14.6 Å². The van der Waals surface area contributed by atoms with Crippen molar-refractivity contribution in [3.8, 4) is 28.7 Å². The van der Waals surface area contributed by atoms with Gasteiger partial charge in [-0.15, -0.1) is 0 Å². The van der Waals surface area contributed by atoms with Crippen LogP contribution in [-0.4, -0.2) is 48.4 Å². The second-order valence-electron chi connectivity index (χ2n) is 10.2. The minimum Gasteiger partial charge on any atom is -0.508 e. The van der Waals surface area contributed by atoms with Crippen molar-refractivity contribution in [3.05, 3.63) is 63.5 Å². The lowest BCUT2D eigenvalue weighted by Crippen LogP contribution is -2.38. The zero-order valence-electron chi connectivity index (χ0n) is 21.9. The van der Waals surface area contributed by atoms with Crippen molar-refractivity contribution < 1.29 is 42.8 Å². The van der Waals surface area contributed by atoms with Gasteiger partial charge < -0.3 is 24.8 Å². The van der Waals surface area contributed by atoms with Crippen LogP contribution in [0.5, 0.6) is 28.7 Å². The predicted octanol–water partition coefficient (Wildman–Crippen LogP) is 5.97. The molecule has 0 radical (unpaired) electrons. The van der Waals surface area contributed by atoms with E-state index >= 15 is 0 Å². The van der Waals surface area contributed by atoms with Crippen LogP contribution in [0.1, 0.15) is 25.7 Å². The van der Waals surface area contributed by atoms with E-state index in [1.165, 1.54) is 54.6 Å². The van der Waals surface area contributed by atoms with Gasteiger partial charge in [-0.3, -0.25) is 9.69 Å². The third-order valence-corrected chi connectivity index (χ3v) is 10.0. The van der Waals surface area contributed by atoms with Gasteiger partial charge in [0.2, 0.25) is 10.0 Å². The molecule has 222 valence electrons. The van der Waals surface area contributed by atoms with Crippen molar-refractivity contribution in [2.45, 2.75) is 36.6 Å². The van der Waals surface area contributed by atoms with E-state index in [4.69, 9.17) is 9.47 Å². The molecule has 2 aliphatic rings. The van der Waals surface area contributed by atoms with Crippen molar-refractivity contribution in [2.24, 2.45) is 11.8 Å². The zero-order chi connectivity index (χ0) is 30.2. The van der Waals surface area contributed by atoms with E-state index in [0.717, 1.165) is 30.6 Å². The van der Waals surface area contributed by atoms with Crippen molar-refractivity contribution in [1.29, 1.82) is 0 Å².